The third kappa shape index (κ3) is 5.35. The van der Waals surface area contributed by atoms with Crippen molar-refractivity contribution in [2.45, 2.75) is 6.92 Å². The number of hydrogen-bond acceptors (Lipinski definition) is 2. The summed E-state index contributed by atoms with van der Waals surface area (Å²) in [6.07, 6.45) is 0. The highest BCUT2D eigenvalue weighted by molar-refractivity contribution is 6.10. The zero-order valence-electron chi connectivity index (χ0n) is 29.3. The standard InChI is InChI=1S/C51H35NO/c1-34-11-8-20-47-48-21-10-19-46(51(48)53-50(34)47)38-27-31-42(32-28-38)52(41-29-25-37(26-30-41)44-18-9-15-36-13-4-5-16-43(36)44)49-22-7-6-17-45(49)40-24-23-35-12-2-3-14-39(35)33-40/h2-33H,1H3. The first-order valence-electron chi connectivity index (χ1n) is 18.2. The van der Waals surface area contributed by atoms with Crippen molar-refractivity contribution >= 4 is 60.5 Å². The Bertz CT molecular complexity index is 2950. The lowest BCUT2D eigenvalue weighted by Gasteiger charge is -2.28. The minimum Gasteiger partial charge on any atom is -0.455 e. The molecular weight excluding hydrogens is 643 g/mol. The van der Waals surface area contributed by atoms with Crippen molar-refractivity contribution in [3.63, 3.8) is 0 Å². The summed E-state index contributed by atoms with van der Waals surface area (Å²) in [5.41, 5.74) is 13.3. The number of furan rings is 1. The van der Waals surface area contributed by atoms with E-state index in [1.807, 2.05) is 0 Å². The molecule has 2 heteroatoms. The number of benzene rings is 9. The third-order valence-corrected chi connectivity index (χ3v) is 10.6. The van der Waals surface area contributed by atoms with Gasteiger partial charge in [-0.1, -0.05) is 158 Å². The van der Waals surface area contributed by atoms with Crippen LogP contribution in [0.25, 0.3) is 76.9 Å². The molecule has 0 saturated carbocycles. The first-order valence-corrected chi connectivity index (χ1v) is 18.2. The van der Waals surface area contributed by atoms with Crippen molar-refractivity contribution in [1.29, 1.82) is 0 Å². The lowest BCUT2D eigenvalue weighted by atomic mass is 9.97. The Morgan fingerprint density at radius 1 is 0.358 bits per heavy atom. The minimum absolute atomic E-state index is 0.923. The molecule has 250 valence electrons. The summed E-state index contributed by atoms with van der Waals surface area (Å²) in [7, 11) is 0. The van der Waals surface area contributed by atoms with E-state index in [9.17, 15) is 0 Å². The minimum atomic E-state index is 0.923. The lowest BCUT2D eigenvalue weighted by Crippen LogP contribution is -2.11. The van der Waals surface area contributed by atoms with Gasteiger partial charge in [0, 0.05) is 33.3 Å². The number of nitrogens with zero attached hydrogens (tertiary/aromatic N) is 1. The van der Waals surface area contributed by atoms with E-state index in [-0.39, 0.29) is 0 Å². The highest BCUT2D eigenvalue weighted by Gasteiger charge is 2.19. The fourth-order valence-corrected chi connectivity index (χ4v) is 7.94. The molecule has 0 aliphatic heterocycles. The van der Waals surface area contributed by atoms with Gasteiger partial charge in [0.15, 0.2) is 0 Å². The Labute approximate surface area is 308 Å². The summed E-state index contributed by atoms with van der Waals surface area (Å²) < 4.78 is 6.54. The largest absolute Gasteiger partial charge is 0.455 e. The molecule has 10 rings (SSSR count). The van der Waals surface area contributed by atoms with Crippen molar-refractivity contribution in [3.05, 3.63) is 200 Å². The van der Waals surface area contributed by atoms with E-state index < -0.39 is 0 Å². The monoisotopic (exact) mass is 677 g/mol. The van der Waals surface area contributed by atoms with E-state index >= 15 is 0 Å². The Kier molecular flexibility index (Phi) is 7.40. The van der Waals surface area contributed by atoms with Crippen LogP contribution in [0.2, 0.25) is 0 Å². The first-order chi connectivity index (χ1) is 26.2. The molecule has 0 aliphatic carbocycles. The van der Waals surface area contributed by atoms with Crippen molar-refractivity contribution in [2.75, 3.05) is 4.90 Å². The van der Waals surface area contributed by atoms with E-state index in [2.05, 4.69) is 206 Å². The van der Waals surface area contributed by atoms with Crippen LogP contribution in [0.4, 0.5) is 17.1 Å². The molecule has 0 spiro atoms. The van der Waals surface area contributed by atoms with Crippen LogP contribution in [-0.4, -0.2) is 0 Å². The van der Waals surface area contributed by atoms with Crippen molar-refractivity contribution in [2.24, 2.45) is 0 Å². The average Bonchev–Trinajstić information content (AvgIpc) is 3.62. The molecule has 0 N–H and O–H groups in total. The van der Waals surface area contributed by atoms with Crippen molar-refractivity contribution in [3.8, 4) is 33.4 Å². The van der Waals surface area contributed by atoms with Gasteiger partial charge in [0.25, 0.3) is 0 Å². The van der Waals surface area contributed by atoms with Crippen LogP contribution in [0.3, 0.4) is 0 Å². The molecule has 2 nitrogen and oxygen atoms in total. The summed E-state index contributed by atoms with van der Waals surface area (Å²) in [5, 5.41) is 7.26. The molecule has 0 unspecified atom stereocenters. The molecule has 0 fully saturated rings. The van der Waals surface area contributed by atoms with Gasteiger partial charge >= 0.3 is 0 Å². The van der Waals surface area contributed by atoms with Gasteiger partial charge in [-0.15, -0.1) is 0 Å². The number of para-hydroxylation sites is 3. The Hall–Kier alpha value is -6.90. The van der Waals surface area contributed by atoms with Gasteiger partial charge in [0.2, 0.25) is 0 Å². The van der Waals surface area contributed by atoms with E-state index in [4.69, 9.17) is 4.42 Å². The van der Waals surface area contributed by atoms with Gasteiger partial charge in [0.1, 0.15) is 11.2 Å². The Morgan fingerprint density at radius 3 is 1.68 bits per heavy atom. The van der Waals surface area contributed by atoms with Gasteiger partial charge in [-0.25, -0.2) is 0 Å². The SMILES string of the molecule is Cc1cccc2c1oc1c(-c3ccc(N(c4ccc(-c5cccc6ccccc56)cc4)c4ccccc4-c4ccc5ccccc5c4)cc3)cccc12. The van der Waals surface area contributed by atoms with Crippen LogP contribution in [0.1, 0.15) is 5.56 Å². The van der Waals surface area contributed by atoms with Crippen LogP contribution in [0, 0.1) is 6.92 Å². The van der Waals surface area contributed by atoms with E-state index in [0.29, 0.717) is 0 Å². The number of aryl methyl sites for hydroxylation is 1. The summed E-state index contributed by atoms with van der Waals surface area (Å²) in [6.45, 7) is 2.11. The normalized spacial score (nSPS) is 11.5. The summed E-state index contributed by atoms with van der Waals surface area (Å²) in [6, 6.07) is 69.9. The quantitative estimate of drug-likeness (QED) is 0.174. The summed E-state index contributed by atoms with van der Waals surface area (Å²) >= 11 is 0. The predicted octanol–water partition coefficient (Wildman–Crippen LogP) is 14.7. The topological polar surface area (TPSA) is 16.4 Å². The average molecular weight is 678 g/mol. The molecular formula is C51H35NO. The molecule has 0 saturated heterocycles. The zero-order chi connectivity index (χ0) is 35.3. The molecule has 1 heterocycles. The van der Waals surface area contributed by atoms with Crippen LogP contribution < -0.4 is 4.90 Å². The van der Waals surface area contributed by atoms with E-state index in [1.165, 1.54) is 43.8 Å². The van der Waals surface area contributed by atoms with Gasteiger partial charge < -0.3 is 9.32 Å². The fraction of sp³-hybridized carbons (Fsp3) is 0.0196. The summed E-state index contributed by atoms with van der Waals surface area (Å²) in [5.74, 6) is 0. The van der Waals surface area contributed by atoms with Gasteiger partial charge in [-0.05, 0) is 92.7 Å². The maximum absolute atomic E-state index is 6.54. The van der Waals surface area contributed by atoms with Crippen LogP contribution >= 0.6 is 0 Å². The van der Waals surface area contributed by atoms with Crippen LogP contribution in [0.15, 0.2) is 199 Å². The highest BCUT2D eigenvalue weighted by Crippen LogP contribution is 2.43. The molecule has 0 atom stereocenters. The first kappa shape index (κ1) is 30.9. The van der Waals surface area contributed by atoms with Gasteiger partial charge in [-0.2, -0.15) is 0 Å². The summed E-state index contributed by atoms with van der Waals surface area (Å²) in [4.78, 5) is 2.38. The second-order valence-corrected chi connectivity index (χ2v) is 13.8. The fourth-order valence-electron chi connectivity index (χ4n) is 7.94. The molecule has 1 aromatic heterocycles. The number of anilines is 3. The molecule has 10 aromatic rings. The second-order valence-electron chi connectivity index (χ2n) is 13.8. The molecule has 9 aromatic carbocycles. The highest BCUT2D eigenvalue weighted by atomic mass is 16.3. The molecule has 0 aliphatic rings. The molecule has 0 bridgehead atoms. The number of hydrogen-bond donors (Lipinski definition) is 0. The molecule has 0 radical (unpaired) electrons. The second kappa shape index (κ2) is 12.7. The Balaban J connectivity index is 1.11. The maximum atomic E-state index is 6.54. The van der Waals surface area contributed by atoms with E-state index in [1.54, 1.807) is 0 Å². The predicted molar refractivity (Wildman–Crippen MR) is 224 cm³/mol. The van der Waals surface area contributed by atoms with Crippen molar-refractivity contribution < 1.29 is 4.42 Å². The third-order valence-electron chi connectivity index (χ3n) is 10.6. The van der Waals surface area contributed by atoms with Gasteiger partial charge in [0.05, 0.1) is 5.69 Å². The van der Waals surface area contributed by atoms with Gasteiger partial charge in [-0.3, -0.25) is 0 Å². The van der Waals surface area contributed by atoms with Crippen LogP contribution in [-0.2, 0) is 0 Å². The molecule has 0 amide bonds. The lowest BCUT2D eigenvalue weighted by molar-refractivity contribution is 0.667. The zero-order valence-corrected chi connectivity index (χ0v) is 29.3. The smallest absolute Gasteiger partial charge is 0.143 e. The maximum Gasteiger partial charge on any atom is 0.143 e. The van der Waals surface area contributed by atoms with Crippen LogP contribution in [0.5, 0.6) is 0 Å². The number of rotatable bonds is 6. The van der Waals surface area contributed by atoms with E-state index in [0.717, 1.165) is 55.7 Å². The molecule has 53 heavy (non-hydrogen) atoms. The Morgan fingerprint density at radius 2 is 0.887 bits per heavy atom. The number of fused-ring (bicyclic) bond motifs is 5. The van der Waals surface area contributed by atoms with Crippen molar-refractivity contribution in [1.82, 2.24) is 0 Å².